The van der Waals surface area contributed by atoms with E-state index < -0.39 is 12.3 Å². The van der Waals surface area contributed by atoms with Crippen molar-refractivity contribution in [3.63, 3.8) is 0 Å². The van der Waals surface area contributed by atoms with E-state index in [0.29, 0.717) is 32.8 Å². The van der Waals surface area contributed by atoms with Gasteiger partial charge in [0.2, 0.25) is 0 Å². The summed E-state index contributed by atoms with van der Waals surface area (Å²) in [7, 11) is 1.53. The molecule has 2 aromatic heterocycles. The molecule has 0 bridgehead atoms. The lowest BCUT2D eigenvalue weighted by Crippen LogP contribution is -2.19. The molecule has 0 spiro atoms. The van der Waals surface area contributed by atoms with Crippen LogP contribution >= 0.6 is 11.3 Å². The van der Waals surface area contributed by atoms with Gasteiger partial charge < -0.3 is 15.2 Å². The molecule has 0 saturated carbocycles. The summed E-state index contributed by atoms with van der Waals surface area (Å²) >= 11 is 0.758. The van der Waals surface area contributed by atoms with Crippen molar-refractivity contribution < 1.29 is 27.4 Å². The van der Waals surface area contributed by atoms with Crippen molar-refractivity contribution in [1.29, 1.82) is 0 Å². The van der Waals surface area contributed by atoms with Crippen LogP contribution in [0.25, 0.3) is 32.6 Å². The number of fused-ring (bicyclic) bond motifs is 1. The summed E-state index contributed by atoms with van der Waals surface area (Å²) in [6, 6.07) is 18.2. The van der Waals surface area contributed by atoms with Crippen molar-refractivity contribution in [1.82, 2.24) is 4.98 Å². The van der Waals surface area contributed by atoms with E-state index >= 15 is 0 Å². The maximum atomic E-state index is 12.6. The zero-order valence-corrected chi connectivity index (χ0v) is 16.9. The van der Waals surface area contributed by atoms with E-state index in [1.54, 1.807) is 24.3 Å². The molecule has 0 radical (unpaired) electrons. The number of nitrogen functional groups attached to an aromatic ring is 1. The molecule has 9 heteroatoms. The van der Waals surface area contributed by atoms with Gasteiger partial charge in [-0.2, -0.15) is 0 Å². The number of thiophene rings is 1. The zero-order valence-electron chi connectivity index (χ0n) is 16.1. The van der Waals surface area contributed by atoms with Gasteiger partial charge in [-0.15, -0.1) is 24.5 Å². The molecular formula is C22H15F3N2O3S. The largest absolute Gasteiger partial charge is 0.575 e. The highest BCUT2D eigenvalue weighted by atomic mass is 32.1. The summed E-state index contributed by atoms with van der Waals surface area (Å²) in [5, 5.41) is 0.382. The van der Waals surface area contributed by atoms with Gasteiger partial charge >= 0.3 is 12.3 Å². The number of aromatic nitrogens is 1. The summed E-state index contributed by atoms with van der Waals surface area (Å²) in [5.41, 5.74) is 8.73. The number of methoxy groups -OCH3 is 1. The quantitative estimate of drug-likeness (QED) is 0.397. The van der Waals surface area contributed by atoms with Gasteiger partial charge in [-0.1, -0.05) is 42.5 Å². The lowest BCUT2D eigenvalue weighted by atomic mass is 9.99. The van der Waals surface area contributed by atoms with E-state index in [1.807, 2.05) is 36.4 Å². The normalized spacial score (nSPS) is 11.5. The summed E-state index contributed by atoms with van der Waals surface area (Å²) in [4.78, 5) is 16.6. The van der Waals surface area contributed by atoms with Crippen LogP contribution in [0.15, 0.2) is 60.7 Å². The van der Waals surface area contributed by atoms with Gasteiger partial charge in [0.1, 0.15) is 15.5 Å². The number of hydrogen-bond donors (Lipinski definition) is 1. The Balaban J connectivity index is 1.97. The first-order valence-corrected chi connectivity index (χ1v) is 9.81. The first-order chi connectivity index (χ1) is 14.8. The van der Waals surface area contributed by atoms with Crippen LogP contribution in [0.5, 0.6) is 5.75 Å². The molecule has 4 rings (SSSR count). The van der Waals surface area contributed by atoms with E-state index in [2.05, 4.69) is 9.72 Å². The molecule has 0 saturated heterocycles. The van der Waals surface area contributed by atoms with Gasteiger partial charge in [-0.05, 0) is 29.3 Å². The van der Waals surface area contributed by atoms with E-state index in [9.17, 15) is 18.0 Å². The van der Waals surface area contributed by atoms with Crippen LogP contribution in [0, 0.1) is 0 Å². The van der Waals surface area contributed by atoms with Gasteiger partial charge in [0.05, 0.1) is 18.5 Å². The highest BCUT2D eigenvalue weighted by Gasteiger charge is 2.36. The van der Waals surface area contributed by atoms with Gasteiger partial charge in [-0.3, -0.25) is 0 Å². The number of benzene rings is 2. The van der Waals surface area contributed by atoms with Crippen LogP contribution in [0.2, 0.25) is 0 Å². The number of halogens is 3. The number of nitrogens with zero attached hydrogens (tertiary/aromatic N) is 1. The van der Waals surface area contributed by atoms with Crippen LogP contribution in [-0.4, -0.2) is 24.4 Å². The van der Waals surface area contributed by atoms with E-state index in [0.717, 1.165) is 16.9 Å². The van der Waals surface area contributed by atoms with E-state index in [-0.39, 0.29) is 10.6 Å². The maximum Gasteiger partial charge on any atom is 0.575 e. The van der Waals surface area contributed by atoms with Gasteiger partial charge in [0.25, 0.3) is 0 Å². The Morgan fingerprint density at radius 3 is 2.42 bits per heavy atom. The highest BCUT2D eigenvalue weighted by molar-refractivity contribution is 7.21. The predicted molar refractivity (Wildman–Crippen MR) is 113 cm³/mol. The number of pyridine rings is 1. The molecule has 0 unspecified atom stereocenters. The van der Waals surface area contributed by atoms with Crippen molar-refractivity contribution in [3.05, 3.63) is 65.5 Å². The number of alkyl halides is 3. The van der Waals surface area contributed by atoms with Gasteiger partial charge in [0.15, 0.2) is 0 Å². The molecule has 0 aliphatic rings. The number of nitrogens with two attached hydrogens (primary N) is 1. The minimum Gasteiger partial charge on any atom is -0.497 e. The fourth-order valence-electron chi connectivity index (χ4n) is 3.20. The Hall–Kier alpha value is -3.59. The average molecular weight is 444 g/mol. The maximum absolute atomic E-state index is 12.6. The van der Waals surface area contributed by atoms with Gasteiger partial charge in [0, 0.05) is 10.9 Å². The first kappa shape index (κ1) is 20.7. The Kier molecular flexibility index (Phi) is 5.28. The minimum atomic E-state index is -5.11. The van der Waals surface area contributed by atoms with Gasteiger partial charge in [-0.25, -0.2) is 9.78 Å². The van der Waals surface area contributed by atoms with Crippen LogP contribution < -0.4 is 10.5 Å². The third kappa shape index (κ3) is 4.17. The summed E-state index contributed by atoms with van der Waals surface area (Å²) in [6.07, 6.45) is -5.11. The number of rotatable bonds is 4. The SMILES string of the molecule is COc1cccc(-c2cc(-c3ccccc3)nc3sc(C(=O)OC(F)(F)F)c(N)c23)c1. The second-order valence-corrected chi connectivity index (χ2v) is 7.51. The van der Waals surface area contributed by atoms with Crippen molar-refractivity contribution in [2.45, 2.75) is 6.36 Å². The number of carbonyl (C=O) groups is 1. The lowest BCUT2D eigenvalue weighted by Gasteiger charge is -2.10. The van der Waals surface area contributed by atoms with Crippen molar-refractivity contribution in [3.8, 4) is 28.1 Å². The fraction of sp³-hybridized carbons (Fsp3) is 0.0909. The summed E-state index contributed by atoms with van der Waals surface area (Å²) < 4.78 is 46.6. The van der Waals surface area contributed by atoms with Crippen molar-refractivity contribution in [2.75, 3.05) is 12.8 Å². The molecule has 4 aromatic rings. The number of anilines is 1. The zero-order chi connectivity index (χ0) is 22.2. The topological polar surface area (TPSA) is 74.4 Å². The lowest BCUT2D eigenvalue weighted by molar-refractivity contribution is -0.291. The summed E-state index contributed by atoms with van der Waals surface area (Å²) in [5.74, 6) is -0.972. The number of hydrogen-bond acceptors (Lipinski definition) is 6. The molecule has 0 atom stereocenters. The van der Waals surface area contributed by atoms with Crippen molar-refractivity contribution >= 4 is 33.2 Å². The summed E-state index contributed by atoms with van der Waals surface area (Å²) in [6.45, 7) is 0. The number of carbonyl (C=O) groups excluding carboxylic acids is 1. The molecule has 5 nitrogen and oxygen atoms in total. The highest BCUT2D eigenvalue weighted by Crippen LogP contribution is 2.42. The fourth-order valence-corrected chi connectivity index (χ4v) is 4.20. The minimum absolute atomic E-state index is 0.112. The Labute approximate surface area is 178 Å². The third-order valence-electron chi connectivity index (χ3n) is 4.54. The molecule has 31 heavy (non-hydrogen) atoms. The molecule has 158 valence electrons. The second-order valence-electron chi connectivity index (χ2n) is 6.51. The Bertz CT molecular complexity index is 1270. The molecule has 0 fully saturated rings. The number of ether oxygens (including phenoxy) is 2. The third-order valence-corrected chi connectivity index (χ3v) is 5.62. The van der Waals surface area contributed by atoms with Crippen LogP contribution in [0.1, 0.15) is 9.67 Å². The first-order valence-electron chi connectivity index (χ1n) is 9.00. The molecule has 0 aliphatic carbocycles. The van der Waals surface area contributed by atoms with Crippen LogP contribution in [-0.2, 0) is 4.74 Å². The second kappa shape index (κ2) is 7.92. The standard InChI is InChI=1S/C22H15F3N2O3S/c1-29-14-9-5-8-13(10-14)15-11-16(12-6-3-2-4-7-12)27-20-17(15)18(26)19(31-20)21(28)30-22(23,24)25/h2-11H,26H2,1H3. The smallest absolute Gasteiger partial charge is 0.497 e. The Morgan fingerprint density at radius 2 is 1.74 bits per heavy atom. The predicted octanol–water partition coefficient (Wildman–Crippen LogP) is 5.90. The van der Waals surface area contributed by atoms with E-state index in [1.165, 1.54) is 7.11 Å². The van der Waals surface area contributed by atoms with E-state index in [4.69, 9.17) is 10.5 Å². The molecule has 0 amide bonds. The Morgan fingerprint density at radius 1 is 1.03 bits per heavy atom. The monoisotopic (exact) mass is 444 g/mol. The molecule has 0 aliphatic heterocycles. The molecule has 2 heterocycles. The molecular weight excluding hydrogens is 429 g/mol. The van der Waals surface area contributed by atoms with Crippen LogP contribution in [0.3, 0.4) is 0 Å². The molecule has 2 aromatic carbocycles. The van der Waals surface area contributed by atoms with Crippen LogP contribution in [0.4, 0.5) is 18.9 Å². The molecule has 2 N–H and O–H groups in total. The van der Waals surface area contributed by atoms with Crippen molar-refractivity contribution in [2.24, 2.45) is 0 Å². The average Bonchev–Trinajstić information content (AvgIpc) is 3.09. The number of esters is 1.